The molecule has 1 aliphatic heterocycles. The van der Waals surface area contributed by atoms with Gasteiger partial charge in [0.05, 0.1) is 34.0 Å². The second-order valence-corrected chi connectivity index (χ2v) is 4.95. The third-order valence-corrected chi connectivity index (χ3v) is 3.30. The molecule has 1 saturated heterocycles. The molecule has 0 aliphatic carbocycles. The van der Waals surface area contributed by atoms with E-state index in [0.717, 1.165) is 0 Å². The van der Waals surface area contributed by atoms with Gasteiger partial charge in [-0.15, -0.1) is 12.4 Å². The maximum atomic E-state index is 11.9. The SMILES string of the molecule is COc1cc(NC(=O)CNC(=O)C2COCCN2)cc(OC)c1.Cl. The first kappa shape index (κ1) is 20.0. The molecule has 9 heteroatoms. The van der Waals surface area contributed by atoms with E-state index < -0.39 is 6.04 Å². The van der Waals surface area contributed by atoms with Crippen LogP contribution >= 0.6 is 12.4 Å². The van der Waals surface area contributed by atoms with Gasteiger partial charge in [0, 0.05) is 30.4 Å². The van der Waals surface area contributed by atoms with Crippen LogP contribution in [0.15, 0.2) is 18.2 Å². The van der Waals surface area contributed by atoms with Crippen molar-refractivity contribution in [2.24, 2.45) is 0 Å². The fourth-order valence-corrected chi connectivity index (χ4v) is 2.11. The molecule has 0 bridgehead atoms. The molecule has 2 amide bonds. The average molecular weight is 360 g/mol. The summed E-state index contributed by atoms with van der Waals surface area (Å²) < 4.78 is 15.5. The lowest BCUT2D eigenvalue weighted by Crippen LogP contribution is -2.52. The quantitative estimate of drug-likeness (QED) is 0.670. The summed E-state index contributed by atoms with van der Waals surface area (Å²) in [7, 11) is 3.06. The molecule has 1 aromatic carbocycles. The Morgan fingerprint density at radius 2 is 1.92 bits per heavy atom. The summed E-state index contributed by atoms with van der Waals surface area (Å²) in [6.07, 6.45) is 0. The number of methoxy groups -OCH3 is 2. The van der Waals surface area contributed by atoms with E-state index in [2.05, 4.69) is 16.0 Å². The van der Waals surface area contributed by atoms with Gasteiger partial charge in [-0.2, -0.15) is 0 Å². The zero-order valence-electron chi connectivity index (χ0n) is 13.6. The molecule has 2 rings (SSSR count). The minimum atomic E-state index is -0.423. The Bertz CT molecular complexity index is 542. The van der Waals surface area contributed by atoms with E-state index in [1.165, 1.54) is 14.2 Å². The number of morpholine rings is 1. The standard InChI is InChI=1S/C15H21N3O5.ClH/c1-21-11-5-10(6-12(7-11)22-2)18-14(19)8-17-15(20)13-9-23-4-3-16-13;/h5-7,13,16H,3-4,8-9H2,1-2H3,(H,17,20)(H,18,19);1H. The second-order valence-electron chi connectivity index (χ2n) is 4.95. The van der Waals surface area contributed by atoms with Gasteiger partial charge in [-0.1, -0.05) is 0 Å². The average Bonchev–Trinajstić information content (AvgIpc) is 2.60. The van der Waals surface area contributed by atoms with Crippen molar-refractivity contribution >= 4 is 29.9 Å². The monoisotopic (exact) mass is 359 g/mol. The molecule has 3 N–H and O–H groups in total. The lowest BCUT2D eigenvalue weighted by molar-refractivity contribution is -0.128. The molecule has 1 heterocycles. The van der Waals surface area contributed by atoms with Crippen LogP contribution in [0.25, 0.3) is 0 Å². The maximum absolute atomic E-state index is 11.9. The molecular formula is C15H22ClN3O5. The molecule has 1 aliphatic rings. The number of halogens is 1. The topological polar surface area (TPSA) is 97.9 Å². The van der Waals surface area contributed by atoms with Crippen LogP contribution in [0.4, 0.5) is 5.69 Å². The van der Waals surface area contributed by atoms with Crippen molar-refractivity contribution in [1.82, 2.24) is 10.6 Å². The Morgan fingerprint density at radius 3 is 2.46 bits per heavy atom. The Hall–Kier alpha value is -2.03. The highest BCUT2D eigenvalue weighted by Crippen LogP contribution is 2.25. The molecule has 0 aromatic heterocycles. The van der Waals surface area contributed by atoms with Crippen LogP contribution in [0.2, 0.25) is 0 Å². The van der Waals surface area contributed by atoms with Crippen molar-refractivity contribution in [2.45, 2.75) is 6.04 Å². The fraction of sp³-hybridized carbons (Fsp3) is 0.467. The highest BCUT2D eigenvalue weighted by atomic mass is 35.5. The van der Waals surface area contributed by atoms with Gasteiger partial charge < -0.3 is 30.2 Å². The summed E-state index contributed by atoms with van der Waals surface area (Å²) in [5.41, 5.74) is 0.527. The second kappa shape index (κ2) is 9.96. The van der Waals surface area contributed by atoms with E-state index in [1.54, 1.807) is 18.2 Å². The summed E-state index contributed by atoms with van der Waals surface area (Å²) >= 11 is 0. The number of hydrogen-bond acceptors (Lipinski definition) is 6. The van der Waals surface area contributed by atoms with Crippen molar-refractivity contribution in [1.29, 1.82) is 0 Å². The molecule has 1 unspecified atom stereocenters. The number of rotatable bonds is 6. The van der Waals surface area contributed by atoms with E-state index >= 15 is 0 Å². The fourth-order valence-electron chi connectivity index (χ4n) is 2.11. The Labute approximate surface area is 146 Å². The number of nitrogens with one attached hydrogen (secondary N) is 3. The van der Waals surface area contributed by atoms with Crippen LogP contribution in [-0.2, 0) is 14.3 Å². The molecule has 24 heavy (non-hydrogen) atoms. The summed E-state index contributed by atoms with van der Waals surface area (Å²) in [6.45, 7) is 1.38. The molecule has 1 atom stereocenters. The van der Waals surface area contributed by atoms with Crippen LogP contribution in [0.5, 0.6) is 11.5 Å². The minimum absolute atomic E-state index is 0. The van der Waals surface area contributed by atoms with Crippen LogP contribution in [0.3, 0.4) is 0 Å². The van der Waals surface area contributed by atoms with Crippen LogP contribution in [0, 0.1) is 0 Å². The molecule has 1 aromatic rings. The highest BCUT2D eigenvalue weighted by Gasteiger charge is 2.21. The lowest BCUT2D eigenvalue weighted by atomic mass is 10.2. The zero-order valence-corrected chi connectivity index (χ0v) is 14.4. The molecule has 134 valence electrons. The zero-order chi connectivity index (χ0) is 16.7. The molecule has 8 nitrogen and oxygen atoms in total. The van der Waals surface area contributed by atoms with Crippen molar-refractivity contribution in [3.63, 3.8) is 0 Å². The third kappa shape index (κ3) is 5.88. The lowest BCUT2D eigenvalue weighted by Gasteiger charge is -2.22. The number of benzene rings is 1. The summed E-state index contributed by atoms with van der Waals surface area (Å²) in [5, 5.41) is 8.28. The van der Waals surface area contributed by atoms with Gasteiger partial charge in [-0.25, -0.2) is 0 Å². The first-order valence-electron chi connectivity index (χ1n) is 7.24. The van der Waals surface area contributed by atoms with E-state index in [-0.39, 0.29) is 30.8 Å². The van der Waals surface area contributed by atoms with Crippen LogP contribution in [0.1, 0.15) is 0 Å². The van der Waals surface area contributed by atoms with Crippen LogP contribution < -0.4 is 25.4 Å². The van der Waals surface area contributed by atoms with E-state index in [4.69, 9.17) is 14.2 Å². The number of ether oxygens (including phenoxy) is 3. The Morgan fingerprint density at radius 1 is 1.25 bits per heavy atom. The van der Waals surface area contributed by atoms with Crippen molar-refractivity contribution in [3.05, 3.63) is 18.2 Å². The predicted octanol–water partition coefficient (Wildman–Crippen LogP) is 0.169. The van der Waals surface area contributed by atoms with E-state index in [0.29, 0.717) is 36.9 Å². The molecule has 0 radical (unpaired) electrons. The third-order valence-electron chi connectivity index (χ3n) is 3.30. The van der Waals surface area contributed by atoms with Gasteiger partial charge in [-0.05, 0) is 0 Å². The Balaban J connectivity index is 0.00000288. The van der Waals surface area contributed by atoms with Gasteiger partial charge in [0.15, 0.2) is 0 Å². The molecule has 0 spiro atoms. The van der Waals surface area contributed by atoms with E-state index in [1.807, 2.05) is 0 Å². The summed E-state index contributed by atoms with van der Waals surface area (Å²) in [5.74, 6) is 0.521. The Kier molecular flexibility index (Phi) is 8.31. The highest BCUT2D eigenvalue weighted by molar-refractivity contribution is 5.95. The first-order valence-corrected chi connectivity index (χ1v) is 7.24. The van der Waals surface area contributed by atoms with Gasteiger partial charge >= 0.3 is 0 Å². The molecular weight excluding hydrogens is 338 g/mol. The van der Waals surface area contributed by atoms with Crippen molar-refractivity contribution in [2.75, 3.05) is 45.8 Å². The largest absolute Gasteiger partial charge is 0.497 e. The summed E-state index contributed by atoms with van der Waals surface area (Å²) in [4.78, 5) is 23.8. The van der Waals surface area contributed by atoms with Gasteiger partial charge in [0.25, 0.3) is 0 Å². The predicted molar refractivity (Wildman–Crippen MR) is 91.0 cm³/mol. The van der Waals surface area contributed by atoms with Gasteiger partial charge in [0.1, 0.15) is 17.5 Å². The number of hydrogen-bond donors (Lipinski definition) is 3. The number of anilines is 1. The van der Waals surface area contributed by atoms with E-state index in [9.17, 15) is 9.59 Å². The van der Waals surface area contributed by atoms with Crippen molar-refractivity contribution in [3.8, 4) is 11.5 Å². The van der Waals surface area contributed by atoms with Crippen molar-refractivity contribution < 1.29 is 23.8 Å². The summed E-state index contributed by atoms with van der Waals surface area (Å²) in [6, 6.07) is 4.61. The number of carbonyl (C=O) groups excluding carboxylic acids is 2. The van der Waals surface area contributed by atoms with Gasteiger partial charge in [-0.3, -0.25) is 9.59 Å². The smallest absolute Gasteiger partial charge is 0.243 e. The molecule has 1 fully saturated rings. The number of amides is 2. The first-order chi connectivity index (χ1) is 11.1. The maximum Gasteiger partial charge on any atom is 0.243 e. The minimum Gasteiger partial charge on any atom is -0.497 e. The number of carbonyl (C=O) groups is 2. The van der Waals surface area contributed by atoms with Crippen LogP contribution in [-0.4, -0.2) is 58.4 Å². The van der Waals surface area contributed by atoms with Gasteiger partial charge in [0.2, 0.25) is 11.8 Å². The normalized spacial score (nSPS) is 16.5. The molecule has 0 saturated carbocycles.